The molecule has 7 aromatic carbocycles. The summed E-state index contributed by atoms with van der Waals surface area (Å²) in [5.74, 6) is 0. The van der Waals surface area contributed by atoms with Gasteiger partial charge in [0, 0.05) is 0 Å². The van der Waals surface area contributed by atoms with Gasteiger partial charge in [0.15, 0.2) is 0 Å². The van der Waals surface area contributed by atoms with Crippen LogP contribution in [0.4, 0.5) is 0 Å². The lowest BCUT2D eigenvalue weighted by Gasteiger charge is -2.21. The molecule has 0 saturated heterocycles. The fourth-order valence-corrected chi connectivity index (χ4v) is 6.89. The van der Waals surface area contributed by atoms with E-state index in [1.807, 2.05) is 0 Å². The van der Waals surface area contributed by atoms with Crippen molar-refractivity contribution in [3.63, 3.8) is 0 Å². The topological polar surface area (TPSA) is 0 Å². The summed E-state index contributed by atoms with van der Waals surface area (Å²) < 4.78 is 0. The van der Waals surface area contributed by atoms with Crippen LogP contribution in [0.2, 0.25) is 0 Å². The summed E-state index contributed by atoms with van der Waals surface area (Å²) in [5.41, 5.74) is 10.5. The molecule has 218 valence electrons. The largest absolute Gasteiger partial charge is 0.124 e. The Labute approximate surface area is 271 Å². The molecule has 0 radical (unpaired) electrons. The number of rotatable bonds is 5. The van der Waals surface area contributed by atoms with E-state index in [1.54, 1.807) is 0 Å². The molecule has 1 aliphatic carbocycles. The normalized spacial score (nSPS) is 13.4. The van der Waals surface area contributed by atoms with Crippen molar-refractivity contribution in [3.05, 3.63) is 198 Å². The molecule has 1 aliphatic rings. The van der Waals surface area contributed by atoms with Crippen LogP contribution in [0.3, 0.4) is 0 Å². The highest BCUT2D eigenvalue weighted by molar-refractivity contribution is 6.06. The molecule has 46 heavy (non-hydrogen) atoms. The molecule has 0 atom stereocenters. The summed E-state index contributed by atoms with van der Waals surface area (Å²) in [7, 11) is 0. The van der Waals surface area contributed by atoms with Gasteiger partial charge in [0.25, 0.3) is 0 Å². The molecule has 0 amide bonds. The second kappa shape index (κ2) is 13.0. The second-order valence-corrected chi connectivity index (χ2v) is 11.6. The highest BCUT2D eigenvalue weighted by Crippen LogP contribution is 2.40. The first-order valence-electron chi connectivity index (χ1n) is 15.8. The van der Waals surface area contributed by atoms with Crippen molar-refractivity contribution in [2.75, 3.05) is 0 Å². The predicted molar refractivity (Wildman–Crippen MR) is 199 cm³/mol. The molecule has 0 heterocycles. The third kappa shape index (κ3) is 5.45. The summed E-state index contributed by atoms with van der Waals surface area (Å²) in [4.78, 5) is 0. The van der Waals surface area contributed by atoms with Gasteiger partial charge in [-0.2, -0.15) is 0 Å². The summed E-state index contributed by atoms with van der Waals surface area (Å²) in [6, 6.07) is 53.5. The molecule has 7 aromatic rings. The molecule has 0 aliphatic heterocycles. The van der Waals surface area contributed by atoms with E-state index in [0.29, 0.717) is 0 Å². The van der Waals surface area contributed by atoms with Gasteiger partial charge in [-0.05, 0) is 95.8 Å². The number of benzene rings is 7. The molecule has 0 heteroatoms. The van der Waals surface area contributed by atoms with Gasteiger partial charge >= 0.3 is 0 Å². The van der Waals surface area contributed by atoms with Crippen LogP contribution < -0.4 is 0 Å². The van der Waals surface area contributed by atoms with Gasteiger partial charge in [-0.15, -0.1) is 12.8 Å². The van der Waals surface area contributed by atoms with Crippen molar-refractivity contribution in [1.29, 1.82) is 0 Å². The third-order valence-corrected chi connectivity index (χ3v) is 9.00. The van der Waals surface area contributed by atoms with Crippen molar-refractivity contribution < 1.29 is 0 Å². The standard InChI is InChI=1S/C44H32.C2H2/c1-2-15-33(16-3-1)44(40-22-9-7-18-36(40)30-35-20-12-19-32-14-6-8-21-38(32)35)43-28-27-39(41-23-10-11-24-42(41)43)37-26-25-31-13-4-5-17-34(31)29-37;1-2/h1-15,17-29H,16,30H2;1-2H/b44-33+;. The first kappa shape index (κ1) is 28.8. The lowest BCUT2D eigenvalue weighted by molar-refractivity contribution is 1.19. The van der Waals surface area contributed by atoms with Crippen LogP contribution in [0, 0.1) is 12.8 Å². The summed E-state index contributed by atoms with van der Waals surface area (Å²) >= 11 is 0. The Bertz CT molecular complexity index is 2320. The summed E-state index contributed by atoms with van der Waals surface area (Å²) in [5, 5.41) is 7.71. The van der Waals surface area contributed by atoms with Gasteiger partial charge in [0.1, 0.15) is 0 Å². The van der Waals surface area contributed by atoms with Gasteiger partial charge in [-0.3, -0.25) is 0 Å². The van der Waals surface area contributed by atoms with Gasteiger partial charge in [0.05, 0.1) is 0 Å². The van der Waals surface area contributed by atoms with E-state index >= 15 is 0 Å². The minimum Gasteiger partial charge on any atom is -0.124 e. The SMILES string of the molecule is C#C.C1=CC/C(=C(\c2ccccc2Cc2cccc3ccccc23)c2ccc(-c3ccc4ccccc4c3)c3ccccc23)C=C1. The van der Waals surface area contributed by atoms with Crippen LogP contribution >= 0.6 is 0 Å². The van der Waals surface area contributed by atoms with Crippen LogP contribution in [0.25, 0.3) is 49.0 Å². The molecule has 0 spiro atoms. The monoisotopic (exact) mass is 586 g/mol. The van der Waals surface area contributed by atoms with E-state index in [4.69, 9.17) is 0 Å². The molecule has 8 rings (SSSR count). The lowest BCUT2D eigenvalue weighted by Crippen LogP contribution is -2.02. The molecule has 0 aromatic heterocycles. The zero-order valence-electron chi connectivity index (χ0n) is 25.7. The van der Waals surface area contributed by atoms with Crippen LogP contribution in [0.15, 0.2) is 175 Å². The van der Waals surface area contributed by atoms with E-state index < -0.39 is 0 Å². The minimum atomic E-state index is 0.876. The first-order chi connectivity index (χ1) is 22.8. The van der Waals surface area contributed by atoms with E-state index in [9.17, 15) is 0 Å². The number of hydrogen-bond donors (Lipinski definition) is 0. The van der Waals surface area contributed by atoms with Crippen molar-refractivity contribution in [2.45, 2.75) is 12.8 Å². The highest BCUT2D eigenvalue weighted by Gasteiger charge is 2.19. The van der Waals surface area contributed by atoms with Crippen molar-refractivity contribution in [2.24, 2.45) is 0 Å². The summed E-state index contributed by atoms with van der Waals surface area (Å²) in [6.45, 7) is 0. The van der Waals surface area contributed by atoms with E-state index in [0.717, 1.165) is 12.8 Å². The molecular formula is C46H34. The third-order valence-electron chi connectivity index (χ3n) is 9.00. The van der Waals surface area contributed by atoms with Crippen molar-refractivity contribution in [3.8, 4) is 24.0 Å². The quantitative estimate of drug-likeness (QED) is 0.176. The molecule has 0 unspecified atom stereocenters. The zero-order chi connectivity index (χ0) is 31.3. The second-order valence-electron chi connectivity index (χ2n) is 11.6. The maximum absolute atomic E-state index is 4.00. The Balaban J connectivity index is 0.00000166. The molecule has 0 saturated carbocycles. The molecule has 0 bridgehead atoms. The van der Waals surface area contributed by atoms with Crippen LogP contribution in [-0.4, -0.2) is 0 Å². The highest BCUT2D eigenvalue weighted by atomic mass is 14.2. The van der Waals surface area contributed by atoms with Gasteiger partial charge in [0.2, 0.25) is 0 Å². The maximum Gasteiger partial charge on any atom is -0.00135 e. The Morgan fingerprint density at radius 2 is 1.17 bits per heavy atom. The van der Waals surface area contributed by atoms with Crippen molar-refractivity contribution in [1.82, 2.24) is 0 Å². The molecule has 0 fully saturated rings. The average Bonchev–Trinajstić information content (AvgIpc) is 3.14. The van der Waals surface area contributed by atoms with E-state index in [1.165, 1.54) is 76.8 Å². The van der Waals surface area contributed by atoms with Crippen LogP contribution in [-0.2, 0) is 6.42 Å². The zero-order valence-corrected chi connectivity index (χ0v) is 25.7. The van der Waals surface area contributed by atoms with E-state index in [2.05, 4.69) is 183 Å². The molecule has 0 nitrogen and oxygen atoms in total. The predicted octanol–water partition coefficient (Wildman–Crippen LogP) is 12.0. The smallest absolute Gasteiger partial charge is 0.00135 e. The van der Waals surface area contributed by atoms with Gasteiger partial charge in [-0.1, -0.05) is 164 Å². The molecule has 0 N–H and O–H groups in total. The Hall–Kier alpha value is -5.90. The van der Waals surface area contributed by atoms with Crippen LogP contribution in [0.1, 0.15) is 28.7 Å². The number of terminal acetylenes is 1. The van der Waals surface area contributed by atoms with Gasteiger partial charge in [-0.25, -0.2) is 0 Å². The average molecular weight is 587 g/mol. The number of allylic oxidation sites excluding steroid dienone is 5. The Morgan fingerprint density at radius 1 is 0.500 bits per heavy atom. The Morgan fingerprint density at radius 3 is 2.00 bits per heavy atom. The number of fused-ring (bicyclic) bond motifs is 3. The maximum atomic E-state index is 4.00. The van der Waals surface area contributed by atoms with Crippen LogP contribution in [0.5, 0.6) is 0 Å². The number of hydrogen-bond acceptors (Lipinski definition) is 0. The van der Waals surface area contributed by atoms with Crippen molar-refractivity contribution >= 4 is 37.9 Å². The lowest BCUT2D eigenvalue weighted by atomic mass is 9.82. The first-order valence-corrected chi connectivity index (χ1v) is 15.8. The summed E-state index contributed by atoms with van der Waals surface area (Å²) in [6.07, 6.45) is 18.7. The van der Waals surface area contributed by atoms with E-state index in [-0.39, 0.29) is 0 Å². The fraction of sp³-hybridized carbons (Fsp3) is 0.0435. The van der Waals surface area contributed by atoms with Gasteiger partial charge < -0.3 is 0 Å². The minimum absolute atomic E-state index is 0.876. The molecular weight excluding hydrogens is 553 g/mol. The fourth-order valence-electron chi connectivity index (χ4n) is 6.89. The Kier molecular flexibility index (Phi) is 8.15.